The van der Waals surface area contributed by atoms with Crippen molar-refractivity contribution in [1.29, 1.82) is 0 Å². The zero-order valence-electron chi connectivity index (χ0n) is 17.7. The second-order valence-electron chi connectivity index (χ2n) is 9.13. The van der Waals surface area contributed by atoms with Crippen LogP contribution in [0.2, 0.25) is 0 Å². The molecule has 3 unspecified atom stereocenters. The highest BCUT2D eigenvalue weighted by Gasteiger charge is 2.54. The number of hydrogen-bond acceptors (Lipinski definition) is 6. The SMILES string of the molecule is COc1c(N2CC(F)C(C(O)C3(O)CC3)C2)c(F)c(C(F)F)c2c(=O)[nH]c(=O)n(C3CC3)c12. The summed E-state index contributed by atoms with van der Waals surface area (Å²) < 4.78 is 65.1. The number of anilines is 1. The van der Waals surface area contributed by atoms with Crippen molar-refractivity contribution in [3.05, 3.63) is 32.2 Å². The molecule has 3 fully saturated rings. The number of halogens is 4. The third-order valence-electron chi connectivity index (χ3n) is 6.95. The van der Waals surface area contributed by atoms with Crippen LogP contribution >= 0.6 is 0 Å². The van der Waals surface area contributed by atoms with Crippen molar-refractivity contribution in [2.24, 2.45) is 5.92 Å². The lowest BCUT2D eigenvalue weighted by atomic mass is 9.94. The van der Waals surface area contributed by atoms with Gasteiger partial charge in [-0.25, -0.2) is 22.4 Å². The van der Waals surface area contributed by atoms with Gasteiger partial charge in [-0.1, -0.05) is 0 Å². The summed E-state index contributed by atoms with van der Waals surface area (Å²) in [7, 11) is 1.14. The number of H-pyrrole nitrogens is 1. The highest BCUT2D eigenvalue weighted by molar-refractivity contribution is 5.94. The molecule has 2 heterocycles. The molecule has 0 bridgehead atoms. The maximum absolute atomic E-state index is 15.6. The normalized spacial score (nSPS) is 25.2. The number of ether oxygens (including phenoxy) is 1. The third-order valence-corrected chi connectivity index (χ3v) is 6.95. The predicted octanol–water partition coefficient (Wildman–Crippen LogP) is 1.77. The lowest BCUT2D eigenvalue weighted by molar-refractivity contribution is -0.0440. The zero-order valence-corrected chi connectivity index (χ0v) is 17.7. The number of benzene rings is 1. The van der Waals surface area contributed by atoms with Crippen LogP contribution in [0.4, 0.5) is 23.2 Å². The van der Waals surface area contributed by atoms with E-state index in [9.17, 15) is 33.0 Å². The number of aromatic amines is 1. The second kappa shape index (κ2) is 7.45. The molecule has 0 amide bonds. The summed E-state index contributed by atoms with van der Waals surface area (Å²) in [5.74, 6) is -2.86. The zero-order chi connectivity index (χ0) is 23.8. The van der Waals surface area contributed by atoms with E-state index in [1.165, 1.54) is 0 Å². The molecule has 1 aromatic heterocycles. The number of nitrogens with zero attached hydrogens (tertiary/aromatic N) is 2. The first-order valence-corrected chi connectivity index (χ1v) is 10.7. The van der Waals surface area contributed by atoms with Gasteiger partial charge in [0.15, 0.2) is 11.6 Å². The van der Waals surface area contributed by atoms with Crippen LogP contribution in [-0.2, 0) is 0 Å². The van der Waals surface area contributed by atoms with E-state index < -0.39 is 70.5 Å². The minimum Gasteiger partial charge on any atom is -0.492 e. The van der Waals surface area contributed by atoms with Crippen LogP contribution in [0.1, 0.15) is 43.7 Å². The third kappa shape index (κ3) is 3.33. The van der Waals surface area contributed by atoms with Gasteiger partial charge in [0.2, 0.25) is 0 Å². The van der Waals surface area contributed by atoms with E-state index >= 15 is 4.39 Å². The van der Waals surface area contributed by atoms with Crippen LogP contribution in [-0.4, -0.2) is 57.8 Å². The maximum atomic E-state index is 15.6. The Bertz CT molecular complexity index is 1240. The van der Waals surface area contributed by atoms with Crippen LogP contribution < -0.4 is 20.9 Å². The number of fused-ring (bicyclic) bond motifs is 1. The van der Waals surface area contributed by atoms with Gasteiger partial charge in [0.25, 0.3) is 12.0 Å². The van der Waals surface area contributed by atoms with Crippen LogP contribution in [0.25, 0.3) is 10.9 Å². The van der Waals surface area contributed by atoms with Gasteiger partial charge in [0, 0.05) is 25.0 Å². The minimum atomic E-state index is -3.40. The monoisotopic (exact) mass is 473 g/mol. The maximum Gasteiger partial charge on any atom is 0.329 e. The molecule has 0 radical (unpaired) electrons. The average Bonchev–Trinajstić information content (AvgIpc) is 3.67. The molecule has 33 heavy (non-hydrogen) atoms. The van der Waals surface area contributed by atoms with Gasteiger partial charge >= 0.3 is 5.69 Å². The molecule has 1 aliphatic heterocycles. The lowest BCUT2D eigenvalue weighted by Crippen LogP contribution is -2.40. The van der Waals surface area contributed by atoms with Crippen molar-refractivity contribution in [2.75, 3.05) is 25.1 Å². The van der Waals surface area contributed by atoms with Gasteiger partial charge in [-0.05, 0) is 25.7 Å². The fraction of sp³-hybridized carbons (Fsp3) is 0.619. The molecule has 180 valence electrons. The second-order valence-corrected chi connectivity index (χ2v) is 9.13. The summed E-state index contributed by atoms with van der Waals surface area (Å²) in [6.45, 7) is -0.723. The Morgan fingerprint density at radius 2 is 1.88 bits per heavy atom. The minimum absolute atomic E-state index is 0.263. The van der Waals surface area contributed by atoms with Crippen molar-refractivity contribution in [3.8, 4) is 5.75 Å². The Morgan fingerprint density at radius 1 is 1.21 bits per heavy atom. The first-order valence-electron chi connectivity index (χ1n) is 10.7. The Kier molecular flexibility index (Phi) is 5.02. The molecule has 12 heteroatoms. The van der Waals surface area contributed by atoms with Crippen molar-refractivity contribution in [2.45, 2.75) is 56.0 Å². The summed E-state index contributed by atoms with van der Waals surface area (Å²) in [4.78, 5) is 28.2. The summed E-state index contributed by atoms with van der Waals surface area (Å²) in [5, 5.41) is 20.0. The molecular weight excluding hydrogens is 450 g/mol. The van der Waals surface area contributed by atoms with Crippen LogP contribution in [0.3, 0.4) is 0 Å². The topological polar surface area (TPSA) is 108 Å². The number of rotatable bonds is 6. The van der Waals surface area contributed by atoms with E-state index in [4.69, 9.17) is 4.74 Å². The summed E-state index contributed by atoms with van der Waals surface area (Å²) >= 11 is 0. The number of aliphatic hydroxyl groups excluding tert-OH is 1. The van der Waals surface area contributed by atoms with E-state index in [2.05, 4.69) is 0 Å². The van der Waals surface area contributed by atoms with Gasteiger partial charge in [-0.3, -0.25) is 14.3 Å². The predicted molar refractivity (Wildman–Crippen MR) is 109 cm³/mol. The van der Waals surface area contributed by atoms with Crippen LogP contribution in [0.5, 0.6) is 5.75 Å². The van der Waals surface area contributed by atoms with E-state index in [-0.39, 0.29) is 23.9 Å². The van der Waals surface area contributed by atoms with Gasteiger partial charge < -0.3 is 19.8 Å². The fourth-order valence-electron chi connectivity index (χ4n) is 4.92. The quantitative estimate of drug-likeness (QED) is 0.552. The number of methoxy groups -OCH3 is 1. The van der Waals surface area contributed by atoms with Crippen LogP contribution in [0.15, 0.2) is 9.59 Å². The molecule has 2 saturated carbocycles. The van der Waals surface area contributed by atoms with Crippen LogP contribution in [0, 0.1) is 11.7 Å². The highest BCUT2D eigenvalue weighted by Crippen LogP contribution is 2.49. The largest absolute Gasteiger partial charge is 0.492 e. The standard InChI is InChI=1S/C21H23F4N3O5/c1-33-16-14-12(19(30)26-20(31)28(14)8-2-3-8)11(18(24)25)13(23)15(16)27-6-9(10(22)7-27)17(29)21(32)4-5-21/h8-10,17-18,29,32H,2-7H2,1H3,(H,26,30,31). The van der Waals surface area contributed by atoms with E-state index in [0.29, 0.717) is 25.7 Å². The molecule has 2 aromatic rings. The van der Waals surface area contributed by atoms with Crippen molar-refractivity contribution in [1.82, 2.24) is 9.55 Å². The number of aromatic nitrogens is 2. The van der Waals surface area contributed by atoms with Gasteiger partial charge in [-0.2, -0.15) is 0 Å². The Labute approximate surface area is 184 Å². The average molecular weight is 473 g/mol. The number of aliphatic hydroxyl groups is 2. The lowest BCUT2D eigenvalue weighted by Gasteiger charge is -2.27. The molecule has 2 aliphatic carbocycles. The van der Waals surface area contributed by atoms with E-state index in [0.717, 1.165) is 16.6 Å². The molecule has 5 rings (SSSR count). The molecule has 3 aliphatic rings. The smallest absolute Gasteiger partial charge is 0.329 e. The van der Waals surface area contributed by atoms with Crippen molar-refractivity contribution >= 4 is 16.6 Å². The first kappa shape index (κ1) is 22.2. The first-order chi connectivity index (χ1) is 15.6. The summed E-state index contributed by atoms with van der Waals surface area (Å²) in [6.07, 6.45) is -4.76. The molecule has 3 N–H and O–H groups in total. The highest BCUT2D eigenvalue weighted by atomic mass is 19.3. The summed E-state index contributed by atoms with van der Waals surface area (Å²) in [5.41, 5.74) is -5.37. The number of hydrogen-bond donors (Lipinski definition) is 3. The molecule has 1 saturated heterocycles. The van der Waals surface area contributed by atoms with Gasteiger partial charge in [-0.15, -0.1) is 0 Å². The number of nitrogens with one attached hydrogen (secondary N) is 1. The Morgan fingerprint density at radius 3 is 2.42 bits per heavy atom. The van der Waals surface area contributed by atoms with Gasteiger partial charge in [0.1, 0.15) is 17.4 Å². The van der Waals surface area contributed by atoms with E-state index in [1.807, 2.05) is 4.98 Å². The molecular formula is C21H23F4N3O5. The van der Waals surface area contributed by atoms with Crippen molar-refractivity contribution < 1.29 is 32.5 Å². The Hall–Kier alpha value is -2.60. The Balaban J connectivity index is 1.74. The fourth-order valence-corrected chi connectivity index (χ4v) is 4.92. The van der Waals surface area contributed by atoms with Gasteiger partial charge in [0.05, 0.1) is 29.8 Å². The van der Waals surface area contributed by atoms with Crippen molar-refractivity contribution in [3.63, 3.8) is 0 Å². The molecule has 1 aromatic carbocycles. The van der Waals surface area contributed by atoms with E-state index in [1.54, 1.807) is 0 Å². The molecule has 0 spiro atoms. The molecule has 3 atom stereocenters. The number of alkyl halides is 3. The summed E-state index contributed by atoms with van der Waals surface area (Å²) in [6, 6.07) is -0.374. The molecule has 8 nitrogen and oxygen atoms in total.